The Morgan fingerprint density at radius 1 is 1.23 bits per heavy atom. The summed E-state index contributed by atoms with van der Waals surface area (Å²) in [6.07, 6.45) is 4.14. The van der Waals surface area contributed by atoms with Crippen molar-refractivity contribution in [2.45, 2.75) is 58.7 Å². The Labute approximate surface area is 180 Å². The minimum atomic E-state index is -0.455. The predicted molar refractivity (Wildman–Crippen MR) is 117 cm³/mol. The second-order valence-corrected chi connectivity index (χ2v) is 9.74. The van der Waals surface area contributed by atoms with Crippen molar-refractivity contribution in [1.29, 1.82) is 0 Å². The number of anilines is 1. The molecule has 2 aliphatic rings. The number of thiophene rings is 1. The lowest BCUT2D eigenvalue weighted by Crippen LogP contribution is -2.37. The topological polar surface area (TPSA) is 80.8 Å². The summed E-state index contributed by atoms with van der Waals surface area (Å²) in [5.74, 6) is -0.564. The van der Waals surface area contributed by atoms with E-state index in [9.17, 15) is 9.59 Å². The van der Waals surface area contributed by atoms with E-state index in [1.54, 1.807) is 0 Å². The molecule has 2 aromatic heterocycles. The average Bonchev–Trinajstić information content (AvgIpc) is 3.05. The Balaban J connectivity index is 1.77. The monoisotopic (exact) mass is 431 g/mol. The van der Waals surface area contributed by atoms with Crippen LogP contribution in [0.4, 0.5) is 5.69 Å². The second kappa shape index (κ2) is 8.24. The van der Waals surface area contributed by atoms with E-state index in [1.165, 1.54) is 24.9 Å². The van der Waals surface area contributed by atoms with E-state index in [-0.39, 0.29) is 11.5 Å². The van der Waals surface area contributed by atoms with E-state index >= 15 is 0 Å². The number of aromatic nitrogens is 1. The fourth-order valence-electron chi connectivity index (χ4n) is 4.35. The van der Waals surface area contributed by atoms with Gasteiger partial charge in [-0.1, -0.05) is 6.42 Å². The second-order valence-electron chi connectivity index (χ2n) is 8.74. The van der Waals surface area contributed by atoms with E-state index in [0.717, 1.165) is 53.0 Å². The van der Waals surface area contributed by atoms with Crippen LogP contribution >= 0.6 is 11.3 Å². The van der Waals surface area contributed by atoms with Gasteiger partial charge in [-0.25, -0.2) is 9.78 Å². The summed E-state index contributed by atoms with van der Waals surface area (Å²) < 4.78 is 11.0. The molecule has 1 saturated heterocycles. The molecular formula is C22H29N3O4S. The van der Waals surface area contributed by atoms with Crippen LogP contribution in [0.15, 0.2) is 0 Å². The third kappa shape index (κ3) is 4.08. The molecule has 0 unspecified atom stereocenters. The molecule has 7 nitrogen and oxygen atoms in total. The fraction of sp³-hybridized carbons (Fsp3) is 0.591. The van der Waals surface area contributed by atoms with Crippen LogP contribution in [0, 0.1) is 6.92 Å². The molecule has 0 bridgehead atoms. The maximum atomic E-state index is 12.9. The van der Waals surface area contributed by atoms with Crippen molar-refractivity contribution in [2.24, 2.45) is 0 Å². The minimum Gasteiger partial charge on any atom is -0.465 e. The van der Waals surface area contributed by atoms with Crippen molar-refractivity contribution < 1.29 is 19.1 Å². The average molecular weight is 432 g/mol. The molecule has 8 heteroatoms. The number of carbonyl (C=O) groups excluding carboxylic acids is 2. The zero-order valence-corrected chi connectivity index (χ0v) is 18.9. The number of carbonyl (C=O) groups is 2. The molecule has 2 aromatic rings. The number of amides is 1. The number of hydrogen-bond donors (Lipinski definition) is 1. The largest absolute Gasteiger partial charge is 0.465 e. The van der Waals surface area contributed by atoms with Gasteiger partial charge in [-0.15, -0.1) is 11.3 Å². The number of piperidine rings is 1. The highest BCUT2D eigenvalue weighted by molar-refractivity contribution is 7.21. The maximum Gasteiger partial charge on any atom is 0.350 e. The van der Waals surface area contributed by atoms with Crippen LogP contribution in [-0.2, 0) is 27.3 Å². The molecule has 0 saturated carbocycles. The van der Waals surface area contributed by atoms with Crippen LogP contribution in [-0.4, -0.2) is 54.1 Å². The van der Waals surface area contributed by atoms with Crippen molar-refractivity contribution in [1.82, 2.24) is 9.88 Å². The minimum absolute atomic E-state index is 0.109. The quantitative estimate of drug-likeness (QED) is 0.744. The molecule has 1 fully saturated rings. The van der Waals surface area contributed by atoms with Crippen LogP contribution in [0.1, 0.15) is 59.6 Å². The first-order chi connectivity index (χ1) is 14.3. The molecule has 1 N–H and O–H groups in total. The smallest absolute Gasteiger partial charge is 0.350 e. The number of pyridine rings is 1. The highest BCUT2D eigenvalue weighted by atomic mass is 32.1. The maximum absolute atomic E-state index is 12.9. The first kappa shape index (κ1) is 21.2. The number of methoxy groups -OCH3 is 1. The standard InChI is InChI=1S/C22H29N3O4S/c1-13-15-12-29-22(2,3)10-14(15)17-18(19(21(27)28-4)30-20(17)23-13)24-16(26)11-25-8-6-5-7-9-25/h5-12H2,1-4H3,(H,24,26). The predicted octanol–water partition coefficient (Wildman–Crippen LogP) is 3.67. The summed E-state index contributed by atoms with van der Waals surface area (Å²) in [4.78, 5) is 33.5. The molecule has 30 heavy (non-hydrogen) atoms. The highest BCUT2D eigenvalue weighted by Crippen LogP contribution is 2.43. The van der Waals surface area contributed by atoms with Crippen molar-refractivity contribution in [3.8, 4) is 0 Å². The third-order valence-electron chi connectivity index (χ3n) is 5.92. The van der Waals surface area contributed by atoms with Crippen molar-refractivity contribution in [3.05, 3.63) is 21.7 Å². The Morgan fingerprint density at radius 3 is 2.67 bits per heavy atom. The van der Waals surface area contributed by atoms with Gasteiger partial charge in [0.25, 0.3) is 0 Å². The number of likely N-dealkylation sites (tertiary alicyclic amines) is 1. The Hall–Kier alpha value is -2.03. The van der Waals surface area contributed by atoms with Gasteiger partial charge in [0, 0.05) is 23.1 Å². The van der Waals surface area contributed by atoms with Crippen LogP contribution < -0.4 is 5.32 Å². The molecule has 0 spiro atoms. The number of hydrogen-bond acceptors (Lipinski definition) is 7. The van der Waals surface area contributed by atoms with Gasteiger partial charge in [0.1, 0.15) is 9.71 Å². The molecule has 2 aliphatic heterocycles. The van der Waals surface area contributed by atoms with E-state index in [1.807, 2.05) is 6.92 Å². The van der Waals surface area contributed by atoms with Gasteiger partial charge in [-0.3, -0.25) is 9.69 Å². The summed E-state index contributed by atoms with van der Waals surface area (Å²) in [7, 11) is 1.36. The lowest BCUT2D eigenvalue weighted by atomic mass is 9.89. The lowest BCUT2D eigenvalue weighted by Gasteiger charge is -2.33. The highest BCUT2D eigenvalue weighted by Gasteiger charge is 2.33. The van der Waals surface area contributed by atoms with Gasteiger partial charge < -0.3 is 14.8 Å². The number of nitrogens with zero attached hydrogens (tertiary/aromatic N) is 2. The van der Waals surface area contributed by atoms with Crippen LogP contribution in [0.25, 0.3) is 10.2 Å². The summed E-state index contributed by atoms with van der Waals surface area (Å²) in [5, 5.41) is 3.89. The number of nitrogens with one attached hydrogen (secondary N) is 1. The zero-order valence-electron chi connectivity index (χ0n) is 18.1. The lowest BCUT2D eigenvalue weighted by molar-refractivity contribution is -0.117. The number of rotatable bonds is 4. The number of fused-ring (bicyclic) bond motifs is 3. The summed E-state index contributed by atoms with van der Waals surface area (Å²) >= 11 is 1.28. The van der Waals surface area contributed by atoms with Gasteiger partial charge in [0.15, 0.2) is 0 Å². The molecule has 0 aliphatic carbocycles. The van der Waals surface area contributed by atoms with Gasteiger partial charge in [0.2, 0.25) is 5.91 Å². The SMILES string of the molecule is COC(=O)c1sc2nc(C)c3c(c2c1NC(=O)CN1CCCCC1)CC(C)(C)OC3. The molecule has 1 amide bonds. The van der Waals surface area contributed by atoms with E-state index in [0.29, 0.717) is 30.1 Å². The fourth-order valence-corrected chi connectivity index (χ4v) is 5.48. The third-order valence-corrected chi connectivity index (χ3v) is 6.99. The summed E-state index contributed by atoms with van der Waals surface area (Å²) in [5.41, 5.74) is 3.26. The van der Waals surface area contributed by atoms with E-state index in [2.05, 4.69) is 24.1 Å². The number of ether oxygens (including phenoxy) is 2. The molecule has 4 heterocycles. The van der Waals surface area contributed by atoms with Gasteiger partial charge in [0.05, 0.1) is 31.5 Å². The molecule has 162 valence electrons. The number of esters is 1. The first-order valence-electron chi connectivity index (χ1n) is 10.5. The van der Waals surface area contributed by atoms with Crippen LogP contribution in [0.3, 0.4) is 0 Å². The number of aryl methyl sites for hydroxylation is 1. The van der Waals surface area contributed by atoms with Crippen molar-refractivity contribution in [3.63, 3.8) is 0 Å². The Kier molecular flexibility index (Phi) is 5.83. The molecule has 0 atom stereocenters. The van der Waals surface area contributed by atoms with E-state index in [4.69, 9.17) is 14.5 Å². The summed E-state index contributed by atoms with van der Waals surface area (Å²) in [6, 6.07) is 0. The van der Waals surface area contributed by atoms with Crippen LogP contribution in [0.5, 0.6) is 0 Å². The van der Waals surface area contributed by atoms with E-state index < -0.39 is 5.97 Å². The molecule has 4 rings (SSSR count). The molecular weight excluding hydrogens is 402 g/mol. The van der Waals surface area contributed by atoms with Crippen LogP contribution in [0.2, 0.25) is 0 Å². The van der Waals surface area contributed by atoms with Gasteiger partial charge in [-0.2, -0.15) is 0 Å². The van der Waals surface area contributed by atoms with Crippen molar-refractivity contribution in [2.75, 3.05) is 32.1 Å². The molecule has 0 radical (unpaired) electrons. The van der Waals surface area contributed by atoms with Gasteiger partial charge >= 0.3 is 5.97 Å². The zero-order chi connectivity index (χ0) is 21.5. The normalized spacial score (nSPS) is 18.8. The summed E-state index contributed by atoms with van der Waals surface area (Å²) in [6.45, 7) is 8.74. The van der Waals surface area contributed by atoms with Crippen molar-refractivity contribution >= 4 is 39.1 Å². The first-order valence-corrected chi connectivity index (χ1v) is 11.3. The Bertz CT molecular complexity index is 992. The molecule has 0 aromatic carbocycles. The Morgan fingerprint density at radius 2 is 1.97 bits per heavy atom. The van der Waals surface area contributed by atoms with Gasteiger partial charge in [-0.05, 0) is 52.3 Å².